The molecule has 84 valence electrons. The highest BCUT2D eigenvalue weighted by atomic mass is 19.4. The summed E-state index contributed by atoms with van der Waals surface area (Å²) in [5, 5.41) is 0. The van der Waals surface area contributed by atoms with Gasteiger partial charge in [0, 0.05) is 11.9 Å². The van der Waals surface area contributed by atoms with E-state index in [1.54, 1.807) is 0 Å². The molecule has 0 bridgehead atoms. The van der Waals surface area contributed by atoms with E-state index in [-0.39, 0.29) is 0 Å². The van der Waals surface area contributed by atoms with E-state index >= 15 is 0 Å². The minimum Gasteiger partial charge on any atom is -0.306 e. The summed E-state index contributed by atoms with van der Waals surface area (Å²) in [5.41, 5.74) is -0.554. The van der Waals surface area contributed by atoms with Crippen molar-refractivity contribution in [3.63, 3.8) is 0 Å². The summed E-state index contributed by atoms with van der Waals surface area (Å²) in [4.78, 5) is 3.23. The predicted molar refractivity (Wildman–Crippen MR) is 48.5 cm³/mol. The SMILES string of the molecule is Fc1ccc(-n2cnc(C(F)(F)F)c2)cc1. The lowest BCUT2D eigenvalue weighted by Crippen LogP contribution is -2.04. The minimum atomic E-state index is -4.47. The molecule has 0 unspecified atom stereocenters. The highest BCUT2D eigenvalue weighted by Crippen LogP contribution is 2.27. The largest absolute Gasteiger partial charge is 0.434 e. The Balaban J connectivity index is 2.35. The van der Waals surface area contributed by atoms with Crippen LogP contribution in [-0.2, 0) is 6.18 Å². The maximum Gasteiger partial charge on any atom is 0.434 e. The van der Waals surface area contributed by atoms with Crippen LogP contribution in [0.4, 0.5) is 17.6 Å². The van der Waals surface area contributed by atoms with E-state index in [2.05, 4.69) is 4.98 Å². The van der Waals surface area contributed by atoms with Crippen LogP contribution in [-0.4, -0.2) is 9.55 Å². The topological polar surface area (TPSA) is 17.8 Å². The van der Waals surface area contributed by atoms with Crippen LogP contribution >= 0.6 is 0 Å². The third-order valence-electron chi connectivity index (χ3n) is 2.00. The molecule has 2 rings (SSSR count). The van der Waals surface area contributed by atoms with E-state index in [0.717, 1.165) is 12.5 Å². The lowest BCUT2D eigenvalue weighted by Gasteiger charge is -2.02. The number of halogens is 4. The number of nitrogens with zero attached hydrogens (tertiary/aromatic N) is 2. The van der Waals surface area contributed by atoms with E-state index < -0.39 is 17.7 Å². The Morgan fingerprint density at radius 3 is 2.19 bits per heavy atom. The second kappa shape index (κ2) is 3.62. The van der Waals surface area contributed by atoms with Gasteiger partial charge in [-0.2, -0.15) is 13.2 Å². The molecule has 2 aromatic rings. The molecule has 1 heterocycles. The zero-order valence-electron chi connectivity index (χ0n) is 7.87. The van der Waals surface area contributed by atoms with Gasteiger partial charge in [0.25, 0.3) is 0 Å². The van der Waals surface area contributed by atoms with Crippen molar-refractivity contribution < 1.29 is 17.6 Å². The third-order valence-corrected chi connectivity index (χ3v) is 2.00. The maximum atomic E-state index is 12.6. The smallest absolute Gasteiger partial charge is 0.306 e. The Bertz CT molecular complexity index is 484. The fourth-order valence-corrected chi connectivity index (χ4v) is 1.22. The van der Waals surface area contributed by atoms with Crippen molar-refractivity contribution in [1.82, 2.24) is 9.55 Å². The Labute approximate surface area is 88.2 Å². The van der Waals surface area contributed by atoms with Gasteiger partial charge in [-0.25, -0.2) is 9.37 Å². The van der Waals surface area contributed by atoms with Crippen LogP contribution in [0.3, 0.4) is 0 Å². The summed E-state index contributed by atoms with van der Waals surface area (Å²) in [6.45, 7) is 0. The lowest BCUT2D eigenvalue weighted by molar-refractivity contribution is -0.140. The first kappa shape index (κ1) is 10.7. The second-order valence-corrected chi connectivity index (χ2v) is 3.14. The van der Waals surface area contributed by atoms with Crippen molar-refractivity contribution >= 4 is 0 Å². The van der Waals surface area contributed by atoms with Crippen LogP contribution in [0, 0.1) is 5.82 Å². The lowest BCUT2D eigenvalue weighted by atomic mass is 10.3. The first-order valence-electron chi connectivity index (χ1n) is 4.34. The van der Waals surface area contributed by atoms with Crippen molar-refractivity contribution in [3.05, 3.63) is 48.3 Å². The highest BCUT2D eigenvalue weighted by molar-refractivity contribution is 5.32. The number of rotatable bonds is 1. The van der Waals surface area contributed by atoms with Gasteiger partial charge in [-0.3, -0.25) is 0 Å². The summed E-state index contributed by atoms with van der Waals surface area (Å²) in [5.74, 6) is -0.445. The Kier molecular flexibility index (Phi) is 2.41. The summed E-state index contributed by atoms with van der Waals surface area (Å²) in [6, 6.07) is 5.08. The molecule has 0 N–H and O–H groups in total. The molecule has 0 fully saturated rings. The second-order valence-electron chi connectivity index (χ2n) is 3.14. The quantitative estimate of drug-likeness (QED) is 0.688. The first-order valence-corrected chi connectivity index (χ1v) is 4.34. The number of benzene rings is 1. The summed E-state index contributed by atoms with van der Waals surface area (Å²) >= 11 is 0. The van der Waals surface area contributed by atoms with E-state index in [0.29, 0.717) is 5.69 Å². The van der Waals surface area contributed by atoms with Gasteiger partial charge in [0.1, 0.15) is 5.82 Å². The van der Waals surface area contributed by atoms with Crippen molar-refractivity contribution in [1.29, 1.82) is 0 Å². The number of alkyl halides is 3. The number of hydrogen-bond acceptors (Lipinski definition) is 1. The zero-order chi connectivity index (χ0) is 11.8. The van der Waals surface area contributed by atoms with E-state index in [1.807, 2.05) is 0 Å². The number of imidazole rings is 1. The molecule has 0 aliphatic heterocycles. The summed E-state index contributed by atoms with van der Waals surface area (Å²) < 4.78 is 50.5. The van der Waals surface area contributed by atoms with Crippen molar-refractivity contribution in [3.8, 4) is 5.69 Å². The summed E-state index contributed by atoms with van der Waals surface area (Å²) in [7, 11) is 0. The number of hydrogen-bond donors (Lipinski definition) is 0. The Hall–Kier alpha value is -1.85. The van der Waals surface area contributed by atoms with Crippen LogP contribution in [0.2, 0.25) is 0 Å². The van der Waals surface area contributed by atoms with Gasteiger partial charge in [0.15, 0.2) is 5.69 Å². The van der Waals surface area contributed by atoms with Crippen molar-refractivity contribution in [2.45, 2.75) is 6.18 Å². The molecule has 0 saturated heterocycles. The molecule has 0 spiro atoms. The van der Waals surface area contributed by atoms with Gasteiger partial charge < -0.3 is 4.57 Å². The average Bonchev–Trinajstić information content (AvgIpc) is 2.67. The van der Waals surface area contributed by atoms with Gasteiger partial charge in [-0.1, -0.05) is 0 Å². The Morgan fingerprint density at radius 1 is 1.06 bits per heavy atom. The average molecular weight is 230 g/mol. The number of aromatic nitrogens is 2. The van der Waals surface area contributed by atoms with Crippen LogP contribution in [0.5, 0.6) is 0 Å². The molecule has 0 aliphatic rings. The molecular weight excluding hydrogens is 224 g/mol. The molecule has 0 saturated carbocycles. The Morgan fingerprint density at radius 2 is 1.69 bits per heavy atom. The van der Waals surface area contributed by atoms with Gasteiger partial charge >= 0.3 is 6.18 Å². The van der Waals surface area contributed by atoms with E-state index in [9.17, 15) is 17.6 Å². The molecule has 2 nitrogen and oxygen atoms in total. The normalized spacial score (nSPS) is 11.8. The van der Waals surface area contributed by atoms with E-state index in [1.165, 1.54) is 28.8 Å². The molecule has 0 atom stereocenters. The molecule has 1 aromatic heterocycles. The monoisotopic (exact) mass is 230 g/mol. The van der Waals surface area contributed by atoms with Crippen LogP contribution < -0.4 is 0 Å². The molecule has 0 amide bonds. The molecular formula is C10H6F4N2. The fraction of sp³-hybridized carbons (Fsp3) is 0.100. The molecule has 16 heavy (non-hydrogen) atoms. The van der Waals surface area contributed by atoms with E-state index in [4.69, 9.17) is 0 Å². The van der Waals surface area contributed by atoms with Crippen molar-refractivity contribution in [2.24, 2.45) is 0 Å². The maximum absolute atomic E-state index is 12.6. The third kappa shape index (κ3) is 2.05. The molecule has 1 aromatic carbocycles. The molecule has 6 heteroatoms. The van der Waals surface area contributed by atoms with Crippen LogP contribution in [0.1, 0.15) is 5.69 Å². The van der Waals surface area contributed by atoms with Gasteiger partial charge in [-0.15, -0.1) is 0 Å². The molecule has 0 radical (unpaired) electrons. The standard InChI is InChI=1S/C10H6F4N2/c11-7-1-3-8(4-2-7)16-5-9(15-6-16)10(12,13)14/h1-6H. The fourth-order valence-electron chi connectivity index (χ4n) is 1.22. The van der Waals surface area contributed by atoms with Gasteiger partial charge in [0.2, 0.25) is 0 Å². The zero-order valence-corrected chi connectivity index (χ0v) is 7.87. The first-order chi connectivity index (χ1) is 7.47. The van der Waals surface area contributed by atoms with Crippen LogP contribution in [0.15, 0.2) is 36.8 Å². The van der Waals surface area contributed by atoms with Gasteiger partial charge in [0.05, 0.1) is 6.33 Å². The highest BCUT2D eigenvalue weighted by Gasteiger charge is 2.33. The van der Waals surface area contributed by atoms with Crippen LogP contribution in [0.25, 0.3) is 5.69 Å². The van der Waals surface area contributed by atoms with Crippen molar-refractivity contribution in [2.75, 3.05) is 0 Å². The van der Waals surface area contributed by atoms with Gasteiger partial charge in [-0.05, 0) is 24.3 Å². The summed E-state index contributed by atoms with van der Waals surface area (Å²) in [6.07, 6.45) is -2.57. The molecule has 0 aliphatic carbocycles. The predicted octanol–water partition coefficient (Wildman–Crippen LogP) is 3.03. The minimum absolute atomic E-state index is 0.421.